The van der Waals surface area contributed by atoms with E-state index in [4.69, 9.17) is 9.15 Å². The van der Waals surface area contributed by atoms with Crippen LogP contribution in [0.5, 0.6) is 0 Å². The second-order valence-electron chi connectivity index (χ2n) is 8.35. The third-order valence-electron chi connectivity index (χ3n) is 6.03. The van der Waals surface area contributed by atoms with Crippen LogP contribution in [0.2, 0.25) is 0 Å². The predicted octanol–water partition coefficient (Wildman–Crippen LogP) is 4.89. The van der Waals surface area contributed by atoms with E-state index in [1.165, 1.54) is 0 Å². The van der Waals surface area contributed by atoms with Gasteiger partial charge in [0.15, 0.2) is 5.82 Å². The fourth-order valence-corrected chi connectivity index (χ4v) is 4.23. The van der Waals surface area contributed by atoms with Crippen molar-refractivity contribution in [3.8, 4) is 17.4 Å². The molecule has 0 atom stereocenters. The van der Waals surface area contributed by atoms with E-state index in [1.807, 2.05) is 66.2 Å². The molecule has 2 aromatic heterocycles. The summed E-state index contributed by atoms with van der Waals surface area (Å²) in [5.74, 6) is 1.22. The molecule has 1 amide bonds. The fraction of sp³-hybridized carbons (Fsp3) is 0.269. The first-order valence-corrected chi connectivity index (χ1v) is 11.1. The first kappa shape index (κ1) is 21.0. The van der Waals surface area contributed by atoms with Gasteiger partial charge in [0.25, 0.3) is 0 Å². The first-order chi connectivity index (χ1) is 16.1. The van der Waals surface area contributed by atoms with Crippen LogP contribution in [0.25, 0.3) is 22.3 Å². The Morgan fingerprint density at radius 3 is 2.73 bits per heavy atom. The van der Waals surface area contributed by atoms with Crippen LogP contribution in [-0.4, -0.2) is 28.9 Å². The van der Waals surface area contributed by atoms with Gasteiger partial charge < -0.3 is 14.5 Å². The average Bonchev–Trinajstić information content (AvgIpc) is 3.43. The summed E-state index contributed by atoms with van der Waals surface area (Å²) in [6.45, 7) is 3.60. The predicted molar refractivity (Wildman–Crippen MR) is 125 cm³/mol. The van der Waals surface area contributed by atoms with Crippen molar-refractivity contribution in [1.29, 1.82) is 5.26 Å². The van der Waals surface area contributed by atoms with E-state index < -0.39 is 0 Å². The highest BCUT2D eigenvalue weighted by Gasteiger charge is 2.22. The lowest BCUT2D eigenvalue weighted by Gasteiger charge is -2.20. The summed E-state index contributed by atoms with van der Waals surface area (Å²) in [6.07, 6.45) is 1.46. The largest absolute Gasteiger partial charge is 0.456 e. The van der Waals surface area contributed by atoms with Crippen molar-refractivity contribution in [2.45, 2.75) is 26.3 Å². The molecule has 5 rings (SSSR count). The summed E-state index contributed by atoms with van der Waals surface area (Å²) < 4.78 is 13.4. The number of amides is 1. The third-order valence-corrected chi connectivity index (χ3v) is 6.03. The van der Waals surface area contributed by atoms with Crippen molar-refractivity contribution in [2.24, 2.45) is 5.92 Å². The van der Waals surface area contributed by atoms with Gasteiger partial charge in [-0.1, -0.05) is 30.3 Å². The maximum Gasteiger partial charge on any atom is 0.228 e. The molecule has 0 radical (unpaired) electrons. The number of hydrogen-bond acceptors (Lipinski definition) is 5. The van der Waals surface area contributed by atoms with E-state index in [0.29, 0.717) is 31.1 Å². The number of rotatable bonds is 5. The number of nitrogens with zero attached hydrogens (tertiary/aromatic N) is 3. The molecule has 0 unspecified atom stereocenters. The first-order valence-electron chi connectivity index (χ1n) is 11.1. The highest BCUT2D eigenvalue weighted by Crippen LogP contribution is 2.31. The van der Waals surface area contributed by atoms with Crippen molar-refractivity contribution in [3.63, 3.8) is 0 Å². The average molecular weight is 441 g/mol. The Morgan fingerprint density at radius 1 is 1.18 bits per heavy atom. The highest BCUT2D eigenvalue weighted by atomic mass is 16.5. The summed E-state index contributed by atoms with van der Waals surface area (Å²) in [7, 11) is 0. The lowest BCUT2D eigenvalue weighted by atomic mass is 9.99. The highest BCUT2D eigenvalue weighted by molar-refractivity contribution is 5.91. The Labute approximate surface area is 191 Å². The smallest absolute Gasteiger partial charge is 0.228 e. The number of hydrogen-bond donors (Lipinski definition) is 1. The summed E-state index contributed by atoms with van der Waals surface area (Å²) in [4.78, 5) is 12.6. The van der Waals surface area contributed by atoms with Crippen LogP contribution in [0, 0.1) is 24.2 Å². The maximum absolute atomic E-state index is 12.6. The normalized spacial score (nSPS) is 14.3. The second kappa shape index (κ2) is 8.93. The Hall–Kier alpha value is -3.89. The minimum Gasteiger partial charge on any atom is -0.456 e. The Balaban J connectivity index is 1.43. The molecule has 4 aromatic rings. The van der Waals surface area contributed by atoms with Crippen LogP contribution in [0.3, 0.4) is 0 Å². The van der Waals surface area contributed by atoms with E-state index in [1.54, 1.807) is 0 Å². The minimum absolute atomic E-state index is 0.0182. The Bertz CT molecular complexity index is 1340. The molecule has 1 saturated heterocycles. The van der Waals surface area contributed by atoms with Gasteiger partial charge >= 0.3 is 0 Å². The summed E-state index contributed by atoms with van der Waals surface area (Å²) in [5, 5.41) is 17.9. The lowest BCUT2D eigenvalue weighted by Crippen LogP contribution is -2.28. The quantitative estimate of drug-likeness (QED) is 0.477. The van der Waals surface area contributed by atoms with Crippen LogP contribution < -0.4 is 5.32 Å². The number of nitrogens with one attached hydrogen (secondary N) is 1. The fourth-order valence-electron chi connectivity index (χ4n) is 4.23. The van der Waals surface area contributed by atoms with Crippen LogP contribution in [-0.2, 0) is 16.1 Å². The zero-order chi connectivity index (χ0) is 22.8. The van der Waals surface area contributed by atoms with Gasteiger partial charge in [0.05, 0.1) is 18.2 Å². The van der Waals surface area contributed by atoms with Gasteiger partial charge in [0.2, 0.25) is 5.91 Å². The third kappa shape index (κ3) is 4.38. The number of benzene rings is 2. The van der Waals surface area contributed by atoms with E-state index in [0.717, 1.165) is 46.4 Å². The zero-order valence-corrected chi connectivity index (χ0v) is 18.4. The molecule has 0 bridgehead atoms. The van der Waals surface area contributed by atoms with Crippen molar-refractivity contribution in [2.75, 3.05) is 18.5 Å². The van der Waals surface area contributed by atoms with E-state index >= 15 is 0 Å². The van der Waals surface area contributed by atoms with Crippen molar-refractivity contribution in [3.05, 3.63) is 71.4 Å². The Morgan fingerprint density at radius 2 is 1.97 bits per heavy atom. The molecule has 33 heavy (non-hydrogen) atoms. The number of fused-ring (bicyclic) bond motifs is 1. The standard InChI is InChI=1S/C26H24N4O3/c1-17-11-24(28-26(31)20-7-9-32-10-8-20)29-30(17)16-22-13-18(15-27)12-21-14-23(33-25(21)22)19-5-3-2-4-6-19/h2-6,11-14,20H,7-10,16H2,1H3,(H,28,29,31). The van der Waals surface area contributed by atoms with Crippen LogP contribution >= 0.6 is 0 Å². The van der Waals surface area contributed by atoms with E-state index in [-0.39, 0.29) is 11.8 Å². The van der Waals surface area contributed by atoms with Gasteiger partial charge in [-0.05, 0) is 38.0 Å². The minimum atomic E-state index is -0.0457. The van der Waals surface area contributed by atoms with Crippen LogP contribution in [0.1, 0.15) is 29.7 Å². The summed E-state index contributed by atoms with van der Waals surface area (Å²) in [6, 6.07) is 19.6. The van der Waals surface area contributed by atoms with Crippen molar-refractivity contribution < 1.29 is 13.9 Å². The molecule has 1 aliphatic rings. The molecule has 7 nitrogen and oxygen atoms in total. The number of furan rings is 1. The molecule has 0 saturated carbocycles. The zero-order valence-electron chi connectivity index (χ0n) is 18.4. The number of aromatic nitrogens is 2. The molecule has 1 aliphatic heterocycles. The number of carbonyl (C=O) groups excluding carboxylic acids is 1. The van der Waals surface area contributed by atoms with Crippen molar-refractivity contribution in [1.82, 2.24) is 9.78 Å². The molecule has 1 N–H and O–H groups in total. The molecule has 3 heterocycles. The summed E-state index contributed by atoms with van der Waals surface area (Å²) in [5.41, 5.74) is 4.04. The molecule has 2 aromatic carbocycles. The maximum atomic E-state index is 12.6. The second-order valence-corrected chi connectivity index (χ2v) is 8.35. The number of nitriles is 1. The van der Waals surface area contributed by atoms with Gasteiger partial charge in [0.1, 0.15) is 11.3 Å². The van der Waals surface area contributed by atoms with Crippen LogP contribution in [0.4, 0.5) is 5.82 Å². The van der Waals surface area contributed by atoms with Crippen LogP contribution in [0.15, 0.2) is 59.0 Å². The number of anilines is 1. The van der Waals surface area contributed by atoms with Gasteiger partial charge in [-0.15, -0.1) is 0 Å². The van der Waals surface area contributed by atoms with Crippen molar-refractivity contribution >= 4 is 22.7 Å². The number of ether oxygens (including phenoxy) is 1. The molecule has 0 aliphatic carbocycles. The molecule has 1 fully saturated rings. The van der Waals surface area contributed by atoms with Gasteiger partial charge in [-0.2, -0.15) is 10.4 Å². The number of aryl methyl sites for hydroxylation is 1. The van der Waals surface area contributed by atoms with E-state index in [2.05, 4.69) is 16.5 Å². The SMILES string of the molecule is Cc1cc(NC(=O)C2CCOCC2)nn1Cc1cc(C#N)cc2cc(-c3ccccc3)oc12. The molecule has 0 spiro atoms. The topological polar surface area (TPSA) is 93.1 Å². The summed E-state index contributed by atoms with van der Waals surface area (Å²) >= 11 is 0. The van der Waals surface area contributed by atoms with Gasteiger partial charge in [-0.3, -0.25) is 9.48 Å². The lowest BCUT2D eigenvalue weighted by molar-refractivity contribution is -0.122. The monoisotopic (exact) mass is 440 g/mol. The van der Waals surface area contributed by atoms with Gasteiger partial charge in [0, 0.05) is 47.4 Å². The molecule has 166 valence electrons. The molecular formula is C26H24N4O3. The Kier molecular flexibility index (Phi) is 5.68. The molecule has 7 heteroatoms. The number of carbonyl (C=O) groups is 1. The molecular weight excluding hydrogens is 416 g/mol. The van der Waals surface area contributed by atoms with E-state index in [9.17, 15) is 10.1 Å². The van der Waals surface area contributed by atoms with Gasteiger partial charge in [-0.25, -0.2) is 0 Å².